The Balaban J connectivity index is 3.70. The van der Waals surface area contributed by atoms with E-state index >= 15 is 0 Å². The van der Waals surface area contributed by atoms with Crippen molar-refractivity contribution in [2.45, 2.75) is 155 Å². The van der Waals surface area contributed by atoms with Gasteiger partial charge in [0.15, 0.2) is 0 Å². The van der Waals surface area contributed by atoms with Crippen LogP contribution in [0.3, 0.4) is 0 Å². The molecule has 0 aromatic heterocycles. The van der Waals surface area contributed by atoms with Gasteiger partial charge in [-0.2, -0.15) is 0 Å². The van der Waals surface area contributed by atoms with Crippen molar-refractivity contribution in [3.63, 3.8) is 0 Å². The number of hydrogen-bond acceptors (Lipinski definition) is 13. The zero-order valence-corrected chi connectivity index (χ0v) is 39.8. The van der Waals surface area contributed by atoms with Crippen molar-refractivity contribution in [2.24, 2.45) is 0 Å². The van der Waals surface area contributed by atoms with Crippen LogP contribution in [0.15, 0.2) is 0 Å². The summed E-state index contributed by atoms with van der Waals surface area (Å²) < 4.78 is 21.6. The highest BCUT2D eigenvalue weighted by Gasteiger charge is 2.21. The number of ketones is 2. The summed E-state index contributed by atoms with van der Waals surface area (Å²) >= 11 is 0. The Labute approximate surface area is 391 Å². The number of ether oxygens (including phenoxy) is 4. The van der Waals surface area contributed by atoms with Crippen LogP contribution in [0.2, 0.25) is 0 Å². The molecule has 20 heteroatoms. The molecule has 0 aliphatic rings. The number of carbonyl (C=O) groups is 9. The van der Waals surface area contributed by atoms with Crippen LogP contribution in [0, 0.1) is 0 Å². The number of amides is 5. The van der Waals surface area contributed by atoms with Gasteiger partial charge in [0.1, 0.15) is 17.6 Å². The summed E-state index contributed by atoms with van der Waals surface area (Å²) in [5.41, 5.74) is 0. The Hall–Kier alpha value is -4.53. The van der Waals surface area contributed by atoms with Gasteiger partial charge >= 0.3 is 11.9 Å². The second-order valence-corrected chi connectivity index (χ2v) is 16.2. The summed E-state index contributed by atoms with van der Waals surface area (Å²) in [5.74, 6) is -3.98. The maximum absolute atomic E-state index is 12.3. The van der Waals surface area contributed by atoms with Crippen LogP contribution >= 0.6 is 0 Å². The van der Waals surface area contributed by atoms with Crippen molar-refractivity contribution < 1.29 is 72.3 Å². The summed E-state index contributed by atoms with van der Waals surface area (Å²) in [4.78, 5) is 107. The van der Waals surface area contributed by atoms with E-state index in [1.54, 1.807) is 0 Å². The van der Waals surface area contributed by atoms with Gasteiger partial charge in [0.2, 0.25) is 29.5 Å². The molecular formula is C46H81N5O15. The molecule has 1 atom stereocenters. The molecule has 0 heterocycles. The van der Waals surface area contributed by atoms with Crippen LogP contribution < -0.4 is 21.3 Å². The Morgan fingerprint density at radius 3 is 1.21 bits per heavy atom. The first-order valence-electron chi connectivity index (χ1n) is 23.8. The lowest BCUT2D eigenvalue weighted by atomic mass is 10.0. The van der Waals surface area contributed by atoms with E-state index in [1.165, 1.54) is 57.3 Å². The Bertz CT molecular complexity index is 1380. The van der Waals surface area contributed by atoms with Crippen LogP contribution in [-0.2, 0) is 62.1 Å². The molecule has 66 heavy (non-hydrogen) atoms. The number of hydrogen-bond donors (Lipinski definition) is 6. The summed E-state index contributed by atoms with van der Waals surface area (Å²) in [7, 11) is 0. The van der Waals surface area contributed by atoms with Gasteiger partial charge in [0.05, 0.1) is 65.9 Å². The first-order valence-corrected chi connectivity index (χ1v) is 23.8. The van der Waals surface area contributed by atoms with Gasteiger partial charge in [-0.05, 0) is 33.1 Å². The Morgan fingerprint density at radius 1 is 0.424 bits per heavy atom. The Kier molecular flexibility index (Phi) is 40.1. The largest absolute Gasteiger partial charge is 0.481 e. The van der Waals surface area contributed by atoms with Gasteiger partial charge in [-0.15, -0.1) is 0 Å². The fraction of sp³-hybridized carbons (Fsp3) is 0.804. The molecule has 1 unspecified atom stereocenters. The minimum Gasteiger partial charge on any atom is -0.481 e. The molecule has 0 saturated heterocycles. The molecule has 0 bridgehead atoms. The standard InChI is InChI=1S/C46H81N5O15/c1-37(52)35-51(36-38(2)53)44(58)21-24-47-41(55)22-27-63-31-34-66-30-26-49-42(56)23-28-64-32-33-65-29-25-48-40(54)20-19-39(46(61)62)50-43(57)17-15-13-11-9-7-5-3-4-6-8-10-12-14-16-18-45(59)60/h39H,3-36H2,1-2H3,(H,47,55)(H,48,54)(H,49,56)(H,50,57)(H,59,60)(H,61,62). The summed E-state index contributed by atoms with van der Waals surface area (Å²) in [6.45, 7) is 4.76. The third-order valence-corrected chi connectivity index (χ3v) is 10.0. The number of aliphatic carboxylic acids is 2. The third kappa shape index (κ3) is 42.1. The number of carboxylic acid groups (broad SMARTS) is 2. The van der Waals surface area contributed by atoms with Gasteiger partial charge in [-0.25, -0.2) is 4.79 Å². The minimum atomic E-state index is -1.19. The SMILES string of the molecule is CC(=O)CN(CC(C)=O)C(=O)CCNC(=O)CCOCCOCCNC(=O)CCOCCOCCNC(=O)CCC(NC(=O)CCCCCCCCCCCCCCCCC(=O)O)C(=O)O. The number of nitrogens with zero attached hydrogens (tertiary/aromatic N) is 1. The smallest absolute Gasteiger partial charge is 0.326 e. The van der Waals surface area contributed by atoms with E-state index in [0.717, 1.165) is 44.9 Å². The van der Waals surface area contributed by atoms with E-state index in [1.807, 2.05) is 0 Å². The van der Waals surface area contributed by atoms with Crippen molar-refractivity contribution in [3.8, 4) is 0 Å². The van der Waals surface area contributed by atoms with E-state index in [9.17, 15) is 48.3 Å². The molecule has 380 valence electrons. The maximum Gasteiger partial charge on any atom is 0.326 e. The molecule has 6 N–H and O–H groups in total. The summed E-state index contributed by atoms with van der Waals surface area (Å²) in [5, 5.41) is 28.7. The van der Waals surface area contributed by atoms with Crippen LogP contribution in [-0.4, -0.2) is 160 Å². The fourth-order valence-corrected chi connectivity index (χ4v) is 6.48. The molecule has 0 radical (unpaired) electrons. The first kappa shape index (κ1) is 61.5. The average Bonchev–Trinajstić information content (AvgIpc) is 3.25. The second kappa shape index (κ2) is 43.1. The lowest BCUT2D eigenvalue weighted by Crippen LogP contribution is -2.41. The zero-order valence-electron chi connectivity index (χ0n) is 39.8. The summed E-state index contributed by atoms with van der Waals surface area (Å²) in [6, 6.07) is -1.14. The number of nitrogens with one attached hydrogen (secondary N) is 4. The van der Waals surface area contributed by atoms with E-state index in [0.29, 0.717) is 13.0 Å². The number of unbranched alkanes of at least 4 members (excludes halogenated alkanes) is 13. The van der Waals surface area contributed by atoms with Gasteiger partial charge in [-0.1, -0.05) is 77.0 Å². The number of Topliss-reactive ketones (excluding diaryl/α,β-unsaturated/α-hetero) is 2. The van der Waals surface area contributed by atoms with Crippen molar-refractivity contribution in [1.82, 2.24) is 26.2 Å². The first-order chi connectivity index (χ1) is 31.7. The molecule has 0 aromatic carbocycles. The molecule has 0 fully saturated rings. The molecule has 0 spiro atoms. The molecule has 0 saturated carbocycles. The third-order valence-electron chi connectivity index (χ3n) is 10.0. The predicted octanol–water partition coefficient (Wildman–Crippen LogP) is 3.25. The normalized spacial score (nSPS) is 11.4. The quantitative estimate of drug-likeness (QED) is 0.0478. The van der Waals surface area contributed by atoms with Crippen molar-refractivity contribution in [3.05, 3.63) is 0 Å². The monoisotopic (exact) mass is 944 g/mol. The van der Waals surface area contributed by atoms with Crippen LogP contribution in [0.1, 0.15) is 149 Å². The predicted molar refractivity (Wildman–Crippen MR) is 244 cm³/mol. The van der Waals surface area contributed by atoms with E-state index < -0.39 is 23.9 Å². The molecule has 5 amide bonds. The van der Waals surface area contributed by atoms with Crippen LogP contribution in [0.4, 0.5) is 0 Å². The molecule has 0 aliphatic carbocycles. The molecule has 0 aliphatic heterocycles. The fourth-order valence-electron chi connectivity index (χ4n) is 6.48. The lowest BCUT2D eigenvalue weighted by molar-refractivity contribution is -0.142. The van der Waals surface area contributed by atoms with E-state index in [4.69, 9.17) is 24.1 Å². The van der Waals surface area contributed by atoms with Gasteiger partial charge < -0.3 is 55.3 Å². The molecule has 0 aromatic rings. The molecular weight excluding hydrogens is 863 g/mol. The summed E-state index contributed by atoms with van der Waals surface area (Å²) in [6.07, 6.45) is 15.6. The molecule has 20 nitrogen and oxygen atoms in total. The van der Waals surface area contributed by atoms with Crippen molar-refractivity contribution in [1.29, 1.82) is 0 Å². The van der Waals surface area contributed by atoms with E-state index in [-0.39, 0.29) is 159 Å². The Morgan fingerprint density at radius 2 is 0.803 bits per heavy atom. The highest BCUT2D eigenvalue weighted by atomic mass is 16.5. The zero-order chi connectivity index (χ0) is 49.0. The highest BCUT2D eigenvalue weighted by molar-refractivity contribution is 5.89. The lowest BCUT2D eigenvalue weighted by Gasteiger charge is -2.20. The minimum absolute atomic E-state index is 0.0284. The number of rotatable bonds is 47. The van der Waals surface area contributed by atoms with Crippen LogP contribution in [0.5, 0.6) is 0 Å². The van der Waals surface area contributed by atoms with E-state index in [2.05, 4.69) is 21.3 Å². The van der Waals surface area contributed by atoms with Gasteiger partial charge in [0.25, 0.3) is 0 Å². The second-order valence-electron chi connectivity index (χ2n) is 16.2. The number of carboxylic acids is 2. The van der Waals surface area contributed by atoms with Crippen LogP contribution in [0.25, 0.3) is 0 Å². The maximum atomic E-state index is 12.3. The van der Waals surface area contributed by atoms with Crippen molar-refractivity contribution >= 4 is 53.0 Å². The molecule has 0 rings (SSSR count). The van der Waals surface area contributed by atoms with Gasteiger partial charge in [0, 0.05) is 58.2 Å². The topological polar surface area (TPSA) is 282 Å². The van der Waals surface area contributed by atoms with Gasteiger partial charge in [-0.3, -0.25) is 38.4 Å². The average molecular weight is 944 g/mol. The highest BCUT2D eigenvalue weighted by Crippen LogP contribution is 2.14. The van der Waals surface area contributed by atoms with Crippen molar-refractivity contribution in [2.75, 3.05) is 85.6 Å². The number of carbonyl (C=O) groups excluding carboxylic acids is 7.